The molecule has 0 saturated carbocycles. The van der Waals surface area contributed by atoms with Crippen LogP contribution in [-0.4, -0.2) is 46.6 Å². The second-order valence-electron chi connectivity index (χ2n) is 5.06. The minimum Gasteiger partial charge on any atom is -0.311 e. The molecule has 1 aromatic heterocycles. The fourth-order valence-electron chi connectivity index (χ4n) is 2.34. The molecule has 1 aliphatic rings. The molecule has 1 aromatic rings. The molecule has 1 aliphatic heterocycles. The van der Waals surface area contributed by atoms with Gasteiger partial charge < -0.3 is 10.2 Å². The molecule has 1 N–H and O–H groups in total. The Morgan fingerprint density at radius 2 is 2.12 bits per heavy atom. The zero-order chi connectivity index (χ0) is 12.1. The first kappa shape index (κ1) is 12.5. The van der Waals surface area contributed by atoms with Crippen molar-refractivity contribution in [3.8, 4) is 0 Å². The van der Waals surface area contributed by atoms with Crippen LogP contribution in [0, 0.1) is 5.92 Å². The Kier molecular flexibility index (Phi) is 4.50. The van der Waals surface area contributed by atoms with E-state index in [0.29, 0.717) is 0 Å². The smallest absolute Gasteiger partial charge is 0.0738 e. The molecule has 0 atom stereocenters. The molecule has 2 heterocycles. The molecule has 0 spiro atoms. The maximum absolute atomic E-state index is 3.91. The fourth-order valence-corrected chi connectivity index (χ4v) is 2.34. The first-order chi connectivity index (χ1) is 8.25. The van der Waals surface area contributed by atoms with Gasteiger partial charge in [0.25, 0.3) is 0 Å². The predicted octanol–water partition coefficient (Wildman–Crippen LogP) is 0.637. The predicted molar refractivity (Wildman–Crippen MR) is 67.5 cm³/mol. The van der Waals surface area contributed by atoms with Gasteiger partial charge in [0.1, 0.15) is 0 Å². The van der Waals surface area contributed by atoms with Crippen LogP contribution in [0.4, 0.5) is 0 Å². The highest BCUT2D eigenvalue weighted by atomic mass is 15.4. The van der Waals surface area contributed by atoms with Crippen LogP contribution in [0.25, 0.3) is 0 Å². The minimum atomic E-state index is 0.871. The molecule has 1 saturated heterocycles. The lowest BCUT2D eigenvalue weighted by Crippen LogP contribution is -2.31. The molecule has 96 valence electrons. The highest BCUT2D eigenvalue weighted by Gasteiger charge is 2.15. The van der Waals surface area contributed by atoms with E-state index in [9.17, 15) is 0 Å². The number of hydrogen-bond acceptors (Lipinski definition) is 4. The van der Waals surface area contributed by atoms with E-state index < -0.39 is 0 Å². The van der Waals surface area contributed by atoms with Crippen molar-refractivity contribution in [1.82, 2.24) is 25.2 Å². The number of hydrogen-bond donors (Lipinski definition) is 1. The summed E-state index contributed by atoms with van der Waals surface area (Å²) < 4.78 is 1.82. The number of aryl methyl sites for hydroxylation is 1. The van der Waals surface area contributed by atoms with E-state index in [4.69, 9.17) is 0 Å². The van der Waals surface area contributed by atoms with Crippen molar-refractivity contribution < 1.29 is 0 Å². The lowest BCUT2D eigenvalue weighted by molar-refractivity contribution is 0.211. The maximum atomic E-state index is 3.91. The molecule has 2 rings (SSSR count). The largest absolute Gasteiger partial charge is 0.311 e. The lowest BCUT2D eigenvalue weighted by Gasteiger charge is -2.28. The molecule has 5 heteroatoms. The van der Waals surface area contributed by atoms with Gasteiger partial charge in [-0.05, 0) is 51.9 Å². The van der Waals surface area contributed by atoms with Gasteiger partial charge in [0, 0.05) is 13.6 Å². The van der Waals surface area contributed by atoms with Crippen LogP contribution in [0.15, 0.2) is 6.20 Å². The third-order valence-electron chi connectivity index (χ3n) is 3.68. The van der Waals surface area contributed by atoms with Crippen LogP contribution in [0.2, 0.25) is 0 Å². The molecule has 0 bridgehead atoms. The van der Waals surface area contributed by atoms with Crippen molar-refractivity contribution in [1.29, 1.82) is 0 Å². The van der Waals surface area contributed by atoms with Crippen LogP contribution in [0.5, 0.6) is 0 Å². The second kappa shape index (κ2) is 6.12. The Labute approximate surface area is 103 Å². The standard InChI is InChI=1S/C12H23N5/c1-16-7-4-11(5-8-16)3-6-13-9-12-10-14-15-17(12)2/h10-11,13H,3-9H2,1-2H3. The van der Waals surface area contributed by atoms with Gasteiger partial charge in [-0.2, -0.15) is 0 Å². The first-order valence-electron chi connectivity index (χ1n) is 6.48. The fraction of sp³-hybridized carbons (Fsp3) is 0.833. The molecular formula is C12H23N5. The van der Waals surface area contributed by atoms with Crippen LogP contribution < -0.4 is 5.32 Å². The molecule has 0 unspecified atom stereocenters. The number of rotatable bonds is 5. The summed E-state index contributed by atoms with van der Waals surface area (Å²) in [5.41, 5.74) is 1.15. The summed E-state index contributed by atoms with van der Waals surface area (Å²) in [6, 6.07) is 0. The van der Waals surface area contributed by atoms with Crippen molar-refractivity contribution in [3.05, 3.63) is 11.9 Å². The first-order valence-corrected chi connectivity index (χ1v) is 6.48. The Hall–Kier alpha value is -0.940. The van der Waals surface area contributed by atoms with E-state index >= 15 is 0 Å². The molecule has 0 radical (unpaired) electrons. The number of piperidine rings is 1. The number of likely N-dealkylation sites (tertiary alicyclic amines) is 1. The summed E-state index contributed by atoms with van der Waals surface area (Å²) in [4.78, 5) is 2.42. The van der Waals surface area contributed by atoms with Crippen molar-refractivity contribution in [2.75, 3.05) is 26.7 Å². The van der Waals surface area contributed by atoms with Crippen molar-refractivity contribution >= 4 is 0 Å². The van der Waals surface area contributed by atoms with Gasteiger partial charge in [0.2, 0.25) is 0 Å². The number of nitrogens with zero attached hydrogens (tertiary/aromatic N) is 4. The highest BCUT2D eigenvalue weighted by Crippen LogP contribution is 2.18. The molecule has 5 nitrogen and oxygen atoms in total. The maximum Gasteiger partial charge on any atom is 0.0738 e. The molecule has 0 amide bonds. The Morgan fingerprint density at radius 1 is 1.35 bits per heavy atom. The molecule has 0 aliphatic carbocycles. The summed E-state index contributed by atoms with van der Waals surface area (Å²) in [6.45, 7) is 4.49. The van der Waals surface area contributed by atoms with Gasteiger partial charge in [-0.1, -0.05) is 5.21 Å². The molecule has 17 heavy (non-hydrogen) atoms. The van der Waals surface area contributed by atoms with Crippen molar-refractivity contribution in [2.45, 2.75) is 25.8 Å². The summed E-state index contributed by atoms with van der Waals surface area (Å²) in [5.74, 6) is 0.906. The van der Waals surface area contributed by atoms with Crippen LogP contribution in [0.1, 0.15) is 25.0 Å². The van der Waals surface area contributed by atoms with Crippen LogP contribution in [0.3, 0.4) is 0 Å². The summed E-state index contributed by atoms with van der Waals surface area (Å²) in [6.07, 6.45) is 5.82. The van der Waals surface area contributed by atoms with E-state index in [1.165, 1.54) is 32.4 Å². The van der Waals surface area contributed by atoms with Gasteiger partial charge in [-0.25, -0.2) is 0 Å². The highest BCUT2D eigenvalue weighted by molar-refractivity contribution is 4.92. The average Bonchev–Trinajstić information content (AvgIpc) is 2.73. The monoisotopic (exact) mass is 237 g/mol. The van der Waals surface area contributed by atoms with Crippen LogP contribution in [-0.2, 0) is 13.6 Å². The Balaban J connectivity index is 1.59. The van der Waals surface area contributed by atoms with Crippen LogP contribution >= 0.6 is 0 Å². The summed E-state index contributed by atoms with van der Waals surface area (Å²) in [7, 11) is 4.14. The van der Waals surface area contributed by atoms with E-state index in [0.717, 1.165) is 24.7 Å². The normalized spacial score (nSPS) is 18.7. The number of nitrogens with one attached hydrogen (secondary N) is 1. The van der Waals surface area contributed by atoms with Crippen molar-refractivity contribution in [2.24, 2.45) is 13.0 Å². The second-order valence-corrected chi connectivity index (χ2v) is 5.06. The third kappa shape index (κ3) is 3.78. The third-order valence-corrected chi connectivity index (χ3v) is 3.68. The number of aromatic nitrogens is 3. The van der Waals surface area contributed by atoms with E-state index in [1.54, 1.807) is 0 Å². The van der Waals surface area contributed by atoms with Gasteiger partial charge in [-0.3, -0.25) is 4.68 Å². The SMILES string of the molecule is CN1CCC(CCNCc2cnnn2C)CC1. The molecule has 1 fully saturated rings. The molecule has 0 aromatic carbocycles. The quantitative estimate of drug-likeness (QED) is 0.763. The van der Waals surface area contributed by atoms with E-state index in [1.807, 2.05) is 17.9 Å². The minimum absolute atomic E-state index is 0.871. The lowest BCUT2D eigenvalue weighted by atomic mass is 9.94. The van der Waals surface area contributed by atoms with Crippen molar-refractivity contribution in [3.63, 3.8) is 0 Å². The Bertz CT molecular complexity index is 327. The van der Waals surface area contributed by atoms with Gasteiger partial charge in [-0.15, -0.1) is 5.10 Å². The zero-order valence-electron chi connectivity index (χ0n) is 10.9. The Morgan fingerprint density at radius 3 is 2.76 bits per heavy atom. The van der Waals surface area contributed by atoms with Gasteiger partial charge >= 0.3 is 0 Å². The zero-order valence-corrected chi connectivity index (χ0v) is 10.9. The summed E-state index contributed by atoms with van der Waals surface area (Å²) in [5, 5.41) is 11.3. The van der Waals surface area contributed by atoms with E-state index in [-0.39, 0.29) is 0 Å². The van der Waals surface area contributed by atoms with E-state index in [2.05, 4.69) is 27.6 Å². The summed E-state index contributed by atoms with van der Waals surface area (Å²) >= 11 is 0. The van der Waals surface area contributed by atoms with Gasteiger partial charge in [0.05, 0.1) is 11.9 Å². The topological polar surface area (TPSA) is 46.0 Å². The molecular weight excluding hydrogens is 214 g/mol. The average molecular weight is 237 g/mol. The van der Waals surface area contributed by atoms with Gasteiger partial charge in [0.15, 0.2) is 0 Å².